The number of hydrogen-bond acceptors (Lipinski definition) is 1. The van der Waals surface area contributed by atoms with Crippen molar-refractivity contribution in [2.24, 2.45) is 0 Å². The van der Waals surface area contributed by atoms with Crippen molar-refractivity contribution in [1.82, 2.24) is 0 Å². The van der Waals surface area contributed by atoms with Crippen LogP contribution in [0.25, 0.3) is 0 Å². The molecule has 0 aromatic rings. The fourth-order valence-corrected chi connectivity index (χ4v) is 0.301. The second-order valence-corrected chi connectivity index (χ2v) is 1.71. The van der Waals surface area contributed by atoms with E-state index in [-0.39, 0.29) is 6.61 Å². The van der Waals surface area contributed by atoms with Gasteiger partial charge in [-0.15, -0.1) is 0 Å². The molecular weight excluding hydrogens is 152 g/mol. The summed E-state index contributed by atoms with van der Waals surface area (Å²) in [7, 11) is 0. The summed E-state index contributed by atoms with van der Waals surface area (Å²) in [5, 5.41) is 0. The van der Waals surface area contributed by atoms with Crippen molar-refractivity contribution in [2.75, 3.05) is 6.61 Å². The largest absolute Gasteiger partial charge is 0.416 e. The highest BCUT2D eigenvalue weighted by molar-refractivity contribution is 4.53. The van der Waals surface area contributed by atoms with Crippen molar-refractivity contribution < 1.29 is 22.3 Å². The second-order valence-electron chi connectivity index (χ2n) is 1.71. The second kappa shape index (κ2) is 3.75. The van der Waals surface area contributed by atoms with Gasteiger partial charge in [0.1, 0.15) is 0 Å². The summed E-state index contributed by atoms with van der Waals surface area (Å²) in [5.74, 6) is 0. The Bertz CT molecular complexity index is 93.6. The van der Waals surface area contributed by atoms with Crippen LogP contribution in [-0.2, 0) is 4.74 Å². The van der Waals surface area contributed by atoms with E-state index in [4.69, 9.17) is 0 Å². The Balaban J connectivity index is 3.63. The van der Waals surface area contributed by atoms with Crippen molar-refractivity contribution in [1.29, 1.82) is 0 Å². The Morgan fingerprint density at radius 1 is 1.40 bits per heavy atom. The minimum atomic E-state index is -4.28. The maximum absolute atomic E-state index is 11.8. The molecule has 0 aliphatic rings. The molecule has 0 amide bonds. The quantitative estimate of drug-likeness (QED) is 0.573. The average Bonchev–Trinajstić information content (AvgIpc) is 1.84. The van der Waals surface area contributed by atoms with Gasteiger partial charge in [0.2, 0.25) is 0 Å². The lowest BCUT2D eigenvalue weighted by molar-refractivity contribution is -0.300. The summed E-state index contributed by atoms with van der Waals surface area (Å²) in [6.07, 6.45) is -7.72. The molecule has 0 aliphatic carbocycles. The first-order valence-corrected chi connectivity index (χ1v) is 2.80. The van der Waals surface area contributed by atoms with Crippen molar-refractivity contribution in [3.63, 3.8) is 0 Å². The van der Waals surface area contributed by atoms with Gasteiger partial charge in [-0.25, -0.2) is 8.78 Å². The van der Waals surface area contributed by atoms with Gasteiger partial charge in [0.25, 0.3) is 0 Å². The van der Waals surface area contributed by atoms with E-state index in [1.54, 1.807) is 6.92 Å². The lowest BCUT2D eigenvalue weighted by Crippen LogP contribution is -2.30. The summed E-state index contributed by atoms with van der Waals surface area (Å²) >= 11 is 0. The molecule has 0 heterocycles. The van der Waals surface area contributed by atoms with Crippen molar-refractivity contribution >= 4 is 0 Å². The number of rotatable bonds is 4. The van der Waals surface area contributed by atoms with Gasteiger partial charge in [-0.05, 0) is 6.42 Å². The Labute approximate surface area is 56.0 Å². The first-order valence-electron chi connectivity index (χ1n) is 2.80. The van der Waals surface area contributed by atoms with Gasteiger partial charge in [0.15, 0.2) is 0 Å². The third kappa shape index (κ3) is 3.00. The molecule has 0 unspecified atom stereocenters. The van der Waals surface area contributed by atoms with Crippen LogP contribution in [-0.4, -0.2) is 19.1 Å². The Hall–Kier alpha value is -0.320. The van der Waals surface area contributed by atoms with Gasteiger partial charge in [-0.2, -0.15) is 8.78 Å². The van der Waals surface area contributed by atoms with Crippen LogP contribution >= 0.6 is 0 Å². The van der Waals surface area contributed by atoms with Crippen LogP contribution in [0.2, 0.25) is 0 Å². The van der Waals surface area contributed by atoms with Crippen LogP contribution in [0.5, 0.6) is 0 Å². The third-order valence-electron chi connectivity index (χ3n) is 0.753. The van der Waals surface area contributed by atoms with Gasteiger partial charge in [0.05, 0.1) is 6.61 Å². The van der Waals surface area contributed by atoms with E-state index in [0.29, 0.717) is 6.42 Å². The maximum atomic E-state index is 11.8. The molecule has 1 nitrogen and oxygen atoms in total. The SMILES string of the molecule is CCCOC(F)(F)C(F)F. The van der Waals surface area contributed by atoms with Crippen molar-refractivity contribution in [3.8, 4) is 0 Å². The maximum Gasteiger partial charge on any atom is 0.416 e. The summed E-state index contributed by atoms with van der Waals surface area (Å²) < 4.78 is 49.6. The summed E-state index contributed by atoms with van der Waals surface area (Å²) in [6.45, 7) is 1.21. The van der Waals surface area contributed by atoms with Crippen LogP contribution in [0.1, 0.15) is 13.3 Å². The molecular formula is C5H8F4O. The topological polar surface area (TPSA) is 9.23 Å². The van der Waals surface area contributed by atoms with E-state index in [1.807, 2.05) is 0 Å². The summed E-state index contributed by atoms with van der Waals surface area (Å²) in [6, 6.07) is 0. The lowest BCUT2D eigenvalue weighted by Gasteiger charge is -2.14. The van der Waals surface area contributed by atoms with Gasteiger partial charge in [0, 0.05) is 0 Å². The number of alkyl halides is 4. The molecule has 0 atom stereocenters. The van der Waals surface area contributed by atoms with E-state index in [2.05, 4.69) is 4.74 Å². The molecule has 0 saturated carbocycles. The molecule has 0 saturated heterocycles. The van der Waals surface area contributed by atoms with Gasteiger partial charge in [-0.3, -0.25) is 0 Å². The molecule has 0 rings (SSSR count). The molecule has 62 valence electrons. The van der Waals surface area contributed by atoms with Crippen LogP contribution in [0.4, 0.5) is 17.6 Å². The van der Waals surface area contributed by atoms with E-state index in [1.165, 1.54) is 0 Å². The van der Waals surface area contributed by atoms with Crippen LogP contribution in [0.3, 0.4) is 0 Å². The van der Waals surface area contributed by atoms with E-state index < -0.39 is 12.5 Å². The highest BCUT2D eigenvalue weighted by Crippen LogP contribution is 2.23. The fourth-order valence-electron chi connectivity index (χ4n) is 0.301. The highest BCUT2D eigenvalue weighted by Gasteiger charge is 2.41. The van der Waals surface area contributed by atoms with Gasteiger partial charge < -0.3 is 4.74 Å². The lowest BCUT2D eigenvalue weighted by atomic mass is 10.5. The highest BCUT2D eigenvalue weighted by atomic mass is 19.3. The third-order valence-corrected chi connectivity index (χ3v) is 0.753. The summed E-state index contributed by atoms with van der Waals surface area (Å²) in [5.41, 5.74) is 0. The monoisotopic (exact) mass is 160 g/mol. The molecule has 0 aromatic heterocycles. The molecule has 0 spiro atoms. The molecule has 0 radical (unpaired) electrons. The molecule has 10 heavy (non-hydrogen) atoms. The van der Waals surface area contributed by atoms with Crippen molar-refractivity contribution in [2.45, 2.75) is 25.9 Å². The zero-order chi connectivity index (χ0) is 8.20. The van der Waals surface area contributed by atoms with Crippen molar-refractivity contribution in [3.05, 3.63) is 0 Å². The average molecular weight is 160 g/mol. The van der Waals surface area contributed by atoms with Gasteiger partial charge >= 0.3 is 12.5 Å². The van der Waals surface area contributed by atoms with Crippen LogP contribution < -0.4 is 0 Å². The van der Waals surface area contributed by atoms with E-state index in [9.17, 15) is 17.6 Å². The normalized spacial score (nSPS) is 12.6. The van der Waals surface area contributed by atoms with E-state index in [0.717, 1.165) is 0 Å². The minimum absolute atomic E-state index is 0.294. The number of hydrogen-bond donors (Lipinski definition) is 0. The molecule has 0 fully saturated rings. The minimum Gasteiger partial charge on any atom is -0.316 e. The molecule has 0 aliphatic heterocycles. The molecule has 0 aromatic carbocycles. The van der Waals surface area contributed by atoms with Crippen LogP contribution in [0, 0.1) is 0 Å². The molecule has 5 heteroatoms. The molecule has 0 bridgehead atoms. The Morgan fingerprint density at radius 2 is 1.90 bits per heavy atom. The standard InChI is InChI=1S/C5H8F4O/c1-2-3-10-5(8,9)4(6)7/h4H,2-3H2,1H3. The number of ether oxygens (including phenoxy) is 1. The summed E-state index contributed by atoms with van der Waals surface area (Å²) in [4.78, 5) is 0. The first-order chi connectivity index (χ1) is 4.50. The van der Waals surface area contributed by atoms with Crippen LogP contribution in [0.15, 0.2) is 0 Å². The molecule has 0 N–H and O–H groups in total. The Kier molecular flexibility index (Phi) is 3.63. The van der Waals surface area contributed by atoms with E-state index >= 15 is 0 Å². The zero-order valence-electron chi connectivity index (χ0n) is 5.41. The fraction of sp³-hybridized carbons (Fsp3) is 1.00. The van der Waals surface area contributed by atoms with Gasteiger partial charge in [-0.1, -0.05) is 6.92 Å². The number of halogens is 4. The first kappa shape index (κ1) is 9.68. The Morgan fingerprint density at radius 3 is 2.20 bits per heavy atom. The predicted octanol–water partition coefficient (Wildman–Crippen LogP) is 2.27. The predicted molar refractivity (Wildman–Crippen MR) is 27.2 cm³/mol. The zero-order valence-corrected chi connectivity index (χ0v) is 5.41. The smallest absolute Gasteiger partial charge is 0.316 e.